The monoisotopic (exact) mass is 507 g/mol. The molecule has 2 aliphatic carbocycles. The average Bonchev–Trinajstić information content (AvgIpc) is 3.27. The van der Waals surface area contributed by atoms with Gasteiger partial charge in [0.2, 0.25) is 0 Å². The summed E-state index contributed by atoms with van der Waals surface area (Å²) in [4.78, 5) is 0. The van der Waals surface area contributed by atoms with Gasteiger partial charge in [0.15, 0.2) is 0 Å². The maximum Gasteiger partial charge on any atom is 0.0387 e. The van der Waals surface area contributed by atoms with Crippen LogP contribution < -0.4 is 5.32 Å². The lowest BCUT2D eigenvalue weighted by Crippen LogP contribution is -2.17. The van der Waals surface area contributed by atoms with Gasteiger partial charge in [0.1, 0.15) is 0 Å². The van der Waals surface area contributed by atoms with Crippen LogP contribution in [0.5, 0.6) is 0 Å². The molecule has 0 saturated heterocycles. The number of anilines is 2. The van der Waals surface area contributed by atoms with E-state index in [-0.39, 0.29) is 10.8 Å². The first kappa shape index (κ1) is 24.2. The van der Waals surface area contributed by atoms with Crippen LogP contribution in [0.2, 0.25) is 0 Å². The maximum absolute atomic E-state index is 3.66. The van der Waals surface area contributed by atoms with E-state index >= 15 is 0 Å². The van der Waals surface area contributed by atoms with Crippen molar-refractivity contribution in [3.63, 3.8) is 0 Å². The normalized spacial score (nSPS) is 15.7. The Bertz CT molecular complexity index is 1800. The molecule has 1 N–H and O–H groups in total. The SMILES string of the molecule is Cc1cc2c(c3ccccc13)-c1cc3c(cc1C2(C)C)-c1ccc(Nc2ccc(C(C)C)cc2)cc1C3(C)C. The van der Waals surface area contributed by atoms with E-state index in [2.05, 4.69) is 139 Å². The Morgan fingerprint density at radius 1 is 0.564 bits per heavy atom. The summed E-state index contributed by atoms with van der Waals surface area (Å²) in [6.07, 6.45) is 0. The van der Waals surface area contributed by atoms with Crippen LogP contribution in [-0.2, 0) is 10.8 Å². The minimum Gasteiger partial charge on any atom is -0.356 e. The molecule has 2 aliphatic rings. The van der Waals surface area contributed by atoms with Crippen molar-refractivity contribution in [3.8, 4) is 22.3 Å². The maximum atomic E-state index is 3.66. The second-order valence-electron chi connectivity index (χ2n) is 13.0. The van der Waals surface area contributed by atoms with Crippen LogP contribution in [0.4, 0.5) is 11.4 Å². The summed E-state index contributed by atoms with van der Waals surface area (Å²) < 4.78 is 0. The van der Waals surface area contributed by atoms with Crippen LogP contribution in [0.15, 0.2) is 84.9 Å². The highest BCUT2D eigenvalue weighted by Crippen LogP contribution is 2.57. The lowest BCUT2D eigenvalue weighted by atomic mass is 9.79. The van der Waals surface area contributed by atoms with Crippen LogP contribution >= 0.6 is 0 Å². The Morgan fingerprint density at radius 2 is 1.15 bits per heavy atom. The Balaban J connectivity index is 1.35. The van der Waals surface area contributed by atoms with E-state index in [4.69, 9.17) is 0 Å². The molecule has 194 valence electrons. The largest absolute Gasteiger partial charge is 0.356 e. The van der Waals surface area contributed by atoms with Crippen molar-refractivity contribution in [3.05, 3.63) is 118 Å². The van der Waals surface area contributed by atoms with E-state index in [1.54, 1.807) is 0 Å². The van der Waals surface area contributed by atoms with Crippen LogP contribution in [0.1, 0.15) is 80.8 Å². The predicted molar refractivity (Wildman–Crippen MR) is 168 cm³/mol. The number of benzene rings is 5. The molecule has 0 atom stereocenters. The van der Waals surface area contributed by atoms with E-state index in [0.717, 1.165) is 11.4 Å². The molecular formula is C38H37N. The fourth-order valence-electron chi connectivity index (χ4n) is 7.19. The molecule has 0 spiro atoms. The molecule has 5 aromatic rings. The van der Waals surface area contributed by atoms with Gasteiger partial charge in [0, 0.05) is 22.2 Å². The highest BCUT2D eigenvalue weighted by Gasteiger charge is 2.42. The third-order valence-corrected chi connectivity index (χ3v) is 9.55. The first-order chi connectivity index (χ1) is 18.6. The zero-order valence-corrected chi connectivity index (χ0v) is 24.2. The lowest BCUT2D eigenvalue weighted by molar-refractivity contribution is 0.652. The van der Waals surface area contributed by atoms with Gasteiger partial charge < -0.3 is 5.32 Å². The van der Waals surface area contributed by atoms with Crippen molar-refractivity contribution in [2.75, 3.05) is 5.32 Å². The number of hydrogen-bond donors (Lipinski definition) is 1. The predicted octanol–water partition coefficient (Wildman–Crippen LogP) is 10.6. The Labute approximate surface area is 232 Å². The molecule has 0 unspecified atom stereocenters. The van der Waals surface area contributed by atoms with Crippen molar-refractivity contribution in [2.45, 2.75) is 65.2 Å². The van der Waals surface area contributed by atoms with Crippen molar-refractivity contribution >= 4 is 22.1 Å². The molecule has 0 fully saturated rings. The Hall–Kier alpha value is -3.84. The number of nitrogens with one attached hydrogen (secondary N) is 1. The van der Waals surface area contributed by atoms with Crippen molar-refractivity contribution in [1.29, 1.82) is 0 Å². The highest BCUT2D eigenvalue weighted by molar-refractivity contribution is 6.05. The van der Waals surface area contributed by atoms with Gasteiger partial charge in [-0.25, -0.2) is 0 Å². The van der Waals surface area contributed by atoms with Crippen LogP contribution in [0.3, 0.4) is 0 Å². The summed E-state index contributed by atoms with van der Waals surface area (Å²) in [7, 11) is 0. The topological polar surface area (TPSA) is 12.0 Å². The molecule has 5 aromatic carbocycles. The molecule has 0 amide bonds. The number of hydrogen-bond acceptors (Lipinski definition) is 1. The summed E-state index contributed by atoms with van der Waals surface area (Å²) >= 11 is 0. The summed E-state index contributed by atoms with van der Waals surface area (Å²) in [6.45, 7) is 16.3. The summed E-state index contributed by atoms with van der Waals surface area (Å²) in [6, 6.07) is 32.2. The van der Waals surface area contributed by atoms with Gasteiger partial charge in [-0.05, 0) is 116 Å². The van der Waals surface area contributed by atoms with E-state index in [0.29, 0.717) is 5.92 Å². The third kappa shape index (κ3) is 3.39. The third-order valence-electron chi connectivity index (χ3n) is 9.55. The van der Waals surface area contributed by atoms with Crippen molar-refractivity contribution < 1.29 is 0 Å². The van der Waals surface area contributed by atoms with Gasteiger partial charge >= 0.3 is 0 Å². The standard InChI is InChI=1S/C38H37N/c1-22(2)24-12-14-25(15-13-24)39-26-16-17-28-30-20-34-31(21-33(30)37(4,5)32(28)19-26)36-29-11-9-8-10-27(29)23(3)18-35(36)38(34,6)7/h8-22,39H,1-7H3. The average molecular weight is 508 g/mol. The van der Waals surface area contributed by atoms with E-state index in [9.17, 15) is 0 Å². The smallest absolute Gasteiger partial charge is 0.0387 e. The zero-order chi connectivity index (χ0) is 27.3. The second-order valence-corrected chi connectivity index (χ2v) is 13.0. The van der Waals surface area contributed by atoms with Crippen molar-refractivity contribution in [1.82, 2.24) is 0 Å². The van der Waals surface area contributed by atoms with Crippen LogP contribution in [0, 0.1) is 6.92 Å². The molecule has 1 nitrogen and oxygen atoms in total. The summed E-state index contributed by atoms with van der Waals surface area (Å²) in [5, 5.41) is 6.40. The van der Waals surface area contributed by atoms with E-state index in [1.165, 1.54) is 66.4 Å². The van der Waals surface area contributed by atoms with Gasteiger partial charge in [0.05, 0.1) is 0 Å². The number of aryl methyl sites for hydroxylation is 1. The molecule has 39 heavy (non-hydrogen) atoms. The number of rotatable bonds is 3. The van der Waals surface area contributed by atoms with Gasteiger partial charge in [-0.2, -0.15) is 0 Å². The van der Waals surface area contributed by atoms with Crippen molar-refractivity contribution in [2.24, 2.45) is 0 Å². The Kier molecular flexibility index (Phi) is 5.02. The molecular weight excluding hydrogens is 470 g/mol. The molecule has 7 rings (SSSR count). The van der Waals surface area contributed by atoms with E-state index in [1.807, 2.05) is 0 Å². The first-order valence-electron chi connectivity index (χ1n) is 14.3. The van der Waals surface area contributed by atoms with Gasteiger partial charge in [0.25, 0.3) is 0 Å². The molecule has 0 bridgehead atoms. The summed E-state index contributed by atoms with van der Waals surface area (Å²) in [5.41, 5.74) is 16.2. The van der Waals surface area contributed by atoms with E-state index < -0.39 is 0 Å². The minimum absolute atomic E-state index is 0.0367. The van der Waals surface area contributed by atoms with Gasteiger partial charge in [-0.3, -0.25) is 0 Å². The quantitative estimate of drug-likeness (QED) is 0.256. The van der Waals surface area contributed by atoms with Crippen LogP contribution in [0.25, 0.3) is 33.0 Å². The zero-order valence-electron chi connectivity index (χ0n) is 24.2. The number of fused-ring (bicyclic) bond motifs is 8. The van der Waals surface area contributed by atoms with Gasteiger partial charge in [-0.1, -0.05) is 90.1 Å². The van der Waals surface area contributed by atoms with Gasteiger partial charge in [-0.15, -0.1) is 0 Å². The molecule has 0 aliphatic heterocycles. The fourth-order valence-corrected chi connectivity index (χ4v) is 7.19. The molecule has 0 radical (unpaired) electrons. The summed E-state index contributed by atoms with van der Waals surface area (Å²) in [5.74, 6) is 0.541. The van der Waals surface area contributed by atoms with Crippen LogP contribution in [-0.4, -0.2) is 0 Å². The molecule has 1 heteroatoms. The molecule has 0 aromatic heterocycles. The molecule has 0 heterocycles. The minimum atomic E-state index is -0.0771. The molecule has 0 saturated carbocycles. The first-order valence-corrected chi connectivity index (χ1v) is 14.3. The second kappa shape index (κ2) is 8.09. The highest BCUT2D eigenvalue weighted by atomic mass is 14.9. The lowest BCUT2D eigenvalue weighted by Gasteiger charge is -2.24. The fraction of sp³-hybridized carbons (Fsp3) is 0.263. The Morgan fingerprint density at radius 3 is 1.87 bits per heavy atom.